The Labute approximate surface area is 118 Å². The van der Waals surface area contributed by atoms with Crippen LogP contribution in [0.3, 0.4) is 0 Å². The molecule has 0 aromatic rings. The van der Waals surface area contributed by atoms with Gasteiger partial charge in [0.1, 0.15) is 0 Å². The van der Waals surface area contributed by atoms with Crippen molar-refractivity contribution in [2.45, 2.75) is 58.0 Å². The third kappa shape index (κ3) is 6.01. The third-order valence-corrected chi connectivity index (χ3v) is 3.86. The number of hydrogen-bond acceptors (Lipinski definition) is 2. The van der Waals surface area contributed by atoms with Crippen molar-refractivity contribution >= 4 is 17.3 Å². The van der Waals surface area contributed by atoms with Crippen LogP contribution in [-0.4, -0.2) is 42.7 Å². The van der Waals surface area contributed by atoms with Crippen LogP contribution in [0, 0.1) is 5.92 Å². The van der Waals surface area contributed by atoms with E-state index in [-0.39, 0.29) is 0 Å². The highest BCUT2D eigenvalue weighted by Gasteiger charge is 2.18. The molecule has 0 aromatic heterocycles. The second kappa shape index (κ2) is 7.95. The van der Waals surface area contributed by atoms with E-state index in [1.807, 2.05) is 0 Å². The monoisotopic (exact) mass is 271 g/mol. The normalized spacial score (nSPS) is 19.0. The van der Waals surface area contributed by atoms with Gasteiger partial charge in [-0.2, -0.15) is 0 Å². The van der Waals surface area contributed by atoms with Gasteiger partial charge >= 0.3 is 0 Å². The number of nitrogens with zero attached hydrogens (tertiary/aromatic N) is 1. The number of likely N-dealkylation sites (N-methyl/N-ethyl adjacent to an activating group) is 1. The fraction of sp³-hybridized carbons (Fsp3) is 0.929. The van der Waals surface area contributed by atoms with Crippen LogP contribution in [0.2, 0.25) is 0 Å². The van der Waals surface area contributed by atoms with E-state index in [9.17, 15) is 0 Å². The molecule has 3 nitrogen and oxygen atoms in total. The lowest BCUT2D eigenvalue weighted by Gasteiger charge is -2.30. The van der Waals surface area contributed by atoms with Gasteiger partial charge in [-0.1, -0.05) is 33.1 Å². The van der Waals surface area contributed by atoms with Crippen molar-refractivity contribution in [3.8, 4) is 0 Å². The second-order valence-corrected chi connectivity index (χ2v) is 6.47. The smallest absolute Gasteiger partial charge is 0.166 e. The molecule has 0 amide bonds. The standard InChI is InChI=1S/C14H29N3S/c1-11(2)13(10-17(3)4)16-14(18)15-12-8-6-5-7-9-12/h11-13H,5-10H2,1-4H3,(H2,15,16,18)/t13-/m0/s1. The Morgan fingerprint density at radius 2 is 1.83 bits per heavy atom. The molecule has 0 bridgehead atoms. The Balaban J connectivity index is 2.35. The molecule has 18 heavy (non-hydrogen) atoms. The van der Waals surface area contributed by atoms with E-state index in [0.717, 1.165) is 11.7 Å². The van der Waals surface area contributed by atoms with Crippen LogP contribution in [-0.2, 0) is 0 Å². The molecule has 1 saturated carbocycles. The Kier molecular flexibility index (Phi) is 6.94. The lowest BCUT2D eigenvalue weighted by atomic mass is 9.96. The molecule has 2 N–H and O–H groups in total. The summed E-state index contributed by atoms with van der Waals surface area (Å²) in [6, 6.07) is 1.01. The van der Waals surface area contributed by atoms with Crippen LogP contribution in [0.4, 0.5) is 0 Å². The van der Waals surface area contributed by atoms with E-state index in [0.29, 0.717) is 18.0 Å². The molecule has 0 saturated heterocycles. The maximum Gasteiger partial charge on any atom is 0.166 e. The third-order valence-electron chi connectivity index (χ3n) is 3.62. The molecule has 106 valence electrons. The van der Waals surface area contributed by atoms with Crippen LogP contribution in [0.5, 0.6) is 0 Å². The SMILES string of the molecule is CC(C)[C@H](CN(C)C)NC(=S)NC1CCCCC1. The highest BCUT2D eigenvalue weighted by molar-refractivity contribution is 7.80. The van der Waals surface area contributed by atoms with Gasteiger partial charge in [0.2, 0.25) is 0 Å². The Morgan fingerprint density at radius 3 is 2.33 bits per heavy atom. The van der Waals surface area contributed by atoms with Gasteiger partial charge in [0.05, 0.1) is 0 Å². The van der Waals surface area contributed by atoms with E-state index in [1.54, 1.807) is 0 Å². The molecule has 0 unspecified atom stereocenters. The fourth-order valence-electron chi connectivity index (χ4n) is 2.46. The van der Waals surface area contributed by atoms with Gasteiger partial charge < -0.3 is 15.5 Å². The molecule has 0 spiro atoms. The summed E-state index contributed by atoms with van der Waals surface area (Å²) < 4.78 is 0. The largest absolute Gasteiger partial charge is 0.360 e. The van der Waals surface area contributed by atoms with Crippen molar-refractivity contribution in [3.63, 3.8) is 0 Å². The molecule has 1 atom stereocenters. The van der Waals surface area contributed by atoms with E-state index in [2.05, 4.69) is 43.5 Å². The number of hydrogen-bond donors (Lipinski definition) is 2. The van der Waals surface area contributed by atoms with Crippen LogP contribution < -0.4 is 10.6 Å². The summed E-state index contributed by atoms with van der Waals surface area (Å²) in [5, 5.41) is 7.79. The number of rotatable bonds is 5. The first-order valence-electron chi connectivity index (χ1n) is 7.20. The summed E-state index contributed by atoms with van der Waals surface area (Å²) in [7, 11) is 4.21. The van der Waals surface area contributed by atoms with Gasteiger partial charge in [0.15, 0.2) is 5.11 Å². The van der Waals surface area contributed by atoms with Crippen LogP contribution in [0.1, 0.15) is 46.0 Å². The Hall–Kier alpha value is -0.350. The molecule has 4 heteroatoms. The summed E-state index contributed by atoms with van der Waals surface area (Å²) >= 11 is 5.44. The minimum Gasteiger partial charge on any atom is -0.360 e. The van der Waals surface area contributed by atoms with Crippen LogP contribution in [0.15, 0.2) is 0 Å². The van der Waals surface area contributed by atoms with E-state index in [1.165, 1.54) is 32.1 Å². The van der Waals surface area contributed by atoms with E-state index < -0.39 is 0 Å². The highest BCUT2D eigenvalue weighted by Crippen LogP contribution is 2.17. The molecule has 1 aliphatic rings. The zero-order chi connectivity index (χ0) is 13.5. The summed E-state index contributed by atoms with van der Waals surface area (Å²) in [6.07, 6.45) is 6.59. The molecule has 1 fully saturated rings. The van der Waals surface area contributed by atoms with E-state index >= 15 is 0 Å². The van der Waals surface area contributed by atoms with Crippen molar-refractivity contribution < 1.29 is 0 Å². The Bertz CT molecular complexity index is 247. The Morgan fingerprint density at radius 1 is 1.22 bits per heavy atom. The number of thiocarbonyl (C=S) groups is 1. The molecule has 1 aliphatic carbocycles. The number of nitrogens with one attached hydrogen (secondary N) is 2. The quantitative estimate of drug-likeness (QED) is 0.751. The summed E-state index contributed by atoms with van der Waals surface area (Å²) in [6.45, 7) is 5.50. The topological polar surface area (TPSA) is 27.3 Å². The van der Waals surface area contributed by atoms with Crippen molar-refractivity contribution in [1.29, 1.82) is 0 Å². The van der Waals surface area contributed by atoms with Crippen LogP contribution >= 0.6 is 12.2 Å². The zero-order valence-electron chi connectivity index (χ0n) is 12.3. The maximum atomic E-state index is 5.44. The average Bonchev–Trinajstić information content (AvgIpc) is 2.28. The first-order valence-corrected chi connectivity index (χ1v) is 7.61. The maximum absolute atomic E-state index is 5.44. The first-order chi connectivity index (χ1) is 8.49. The second-order valence-electron chi connectivity index (χ2n) is 6.07. The van der Waals surface area contributed by atoms with Gasteiger partial charge in [-0.05, 0) is 45.1 Å². The van der Waals surface area contributed by atoms with Gasteiger partial charge in [-0.25, -0.2) is 0 Å². The van der Waals surface area contributed by atoms with E-state index in [4.69, 9.17) is 12.2 Å². The molecular formula is C14H29N3S. The highest BCUT2D eigenvalue weighted by atomic mass is 32.1. The molecule has 0 aromatic carbocycles. The lowest BCUT2D eigenvalue weighted by molar-refractivity contribution is 0.310. The van der Waals surface area contributed by atoms with Crippen molar-refractivity contribution in [1.82, 2.24) is 15.5 Å². The minimum absolute atomic E-state index is 0.420. The molecule has 0 heterocycles. The minimum atomic E-state index is 0.420. The van der Waals surface area contributed by atoms with Crippen molar-refractivity contribution in [3.05, 3.63) is 0 Å². The molecule has 0 aliphatic heterocycles. The predicted molar refractivity (Wildman–Crippen MR) is 82.9 cm³/mol. The molecule has 1 rings (SSSR count). The van der Waals surface area contributed by atoms with Crippen LogP contribution in [0.25, 0.3) is 0 Å². The first kappa shape index (κ1) is 15.7. The summed E-state index contributed by atoms with van der Waals surface area (Å²) in [5.41, 5.74) is 0. The molecular weight excluding hydrogens is 242 g/mol. The zero-order valence-corrected chi connectivity index (χ0v) is 13.1. The molecule has 0 radical (unpaired) electrons. The van der Waals surface area contributed by atoms with Crippen molar-refractivity contribution in [2.75, 3.05) is 20.6 Å². The summed E-state index contributed by atoms with van der Waals surface area (Å²) in [4.78, 5) is 2.21. The van der Waals surface area contributed by atoms with Gasteiger partial charge in [0.25, 0.3) is 0 Å². The van der Waals surface area contributed by atoms with Gasteiger partial charge in [-0.3, -0.25) is 0 Å². The van der Waals surface area contributed by atoms with Gasteiger partial charge in [0, 0.05) is 18.6 Å². The lowest BCUT2D eigenvalue weighted by Crippen LogP contribution is -2.51. The van der Waals surface area contributed by atoms with Crippen molar-refractivity contribution in [2.24, 2.45) is 5.92 Å². The summed E-state index contributed by atoms with van der Waals surface area (Å²) in [5.74, 6) is 0.582. The average molecular weight is 271 g/mol. The fourth-order valence-corrected chi connectivity index (χ4v) is 2.78. The predicted octanol–water partition coefficient (Wildman–Crippen LogP) is 2.37. The van der Waals surface area contributed by atoms with Gasteiger partial charge in [-0.15, -0.1) is 0 Å².